The molecule has 0 rings (SSSR count). The van der Waals surface area contributed by atoms with Crippen LogP contribution in [0.25, 0.3) is 10.4 Å². The fraction of sp³-hybridized carbons (Fsp3) is 0.959. The van der Waals surface area contributed by atoms with Gasteiger partial charge in [-0.25, -0.2) is 0 Å². The molecule has 1 atom stereocenters. The predicted molar refractivity (Wildman–Crippen MR) is 393 cm³/mol. The number of hydrogen-bond acceptors (Lipinski definition) is 27. The molecule has 0 amide bonds. The van der Waals surface area contributed by atoms with Crippen molar-refractivity contribution in [2.24, 2.45) is 10.5 Å². The second kappa shape index (κ2) is 89.9. The molecule has 0 aliphatic carbocycles. The molecule has 0 spiro atoms. The second-order valence-electron chi connectivity index (χ2n) is 24.3. The Labute approximate surface area is 628 Å². The summed E-state index contributed by atoms with van der Waals surface area (Å²) >= 11 is 0. The maximum absolute atomic E-state index is 13.7. The summed E-state index contributed by atoms with van der Waals surface area (Å²) in [7, 11) is 0. The standard InChI is InChI=1S/C74H143N3O28/c1-2-3-4-5-6-8-11-14-17-22-74(73(81)82,23-18-15-12-9-7-10-13-16-21-72(79)80)71(78)20-19-25-83-27-29-85-31-33-87-35-37-89-39-41-91-43-45-93-47-49-95-51-53-97-55-57-99-59-61-101-63-65-103-67-69-105-70-68-104-66-64-102-62-60-100-58-56-98-54-52-96-50-48-94-46-44-92-42-40-90-38-36-88-34-32-86-30-28-84-26-24-76-77-75/h2-70H2,1H3,(H,79,80)(H,81,82). The van der Waals surface area contributed by atoms with Crippen molar-refractivity contribution in [3.63, 3.8) is 0 Å². The van der Waals surface area contributed by atoms with Crippen molar-refractivity contribution >= 4 is 17.7 Å². The highest BCUT2D eigenvalue weighted by Gasteiger charge is 2.44. The summed E-state index contributed by atoms with van der Waals surface area (Å²) < 4.78 is 127. The average Bonchev–Trinajstić information content (AvgIpc) is 0.822. The highest BCUT2D eigenvalue weighted by Crippen LogP contribution is 2.35. The van der Waals surface area contributed by atoms with Gasteiger partial charge in [-0.2, -0.15) is 0 Å². The molecule has 2 N–H and O–H groups in total. The number of carbonyl (C=O) groups excluding carboxylic acids is 1. The summed E-state index contributed by atoms with van der Waals surface area (Å²) in [6.45, 7) is 23.6. The van der Waals surface area contributed by atoms with Gasteiger partial charge in [-0.3, -0.25) is 14.4 Å². The number of unbranched alkanes of at least 4 members (excludes halogenated alkanes) is 15. The Balaban J connectivity index is 3.43. The minimum atomic E-state index is -1.34. The quantitative estimate of drug-likeness (QED) is 0.0188. The van der Waals surface area contributed by atoms with E-state index in [0.29, 0.717) is 343 Å². The third-order valence-corrected chi connectivity index (χ3v) is 15.7. The number of ether oxygens (including phenoxy) is 23. The summed E-state index contributed by atoms with van der Waals surface area (Å²) in [5, 5.41) is 22.7. The predicted octanol–water partition coefficient (Wildman–Crippen LogP) is 9.01. The van der Waals surface area contributed by atoms with E-state index in [-0.39, 0.29) is 18.6 Å². The van der Waals surface area contributed by atoms with Crippen LogP contribution in [0.4, 0.5) is 0 Å². The first-order valence-electron chi connectivity index (χ1n) is 39.2. The molecule has 0 aromatic heterocycles. The minimum Gasteiger partial charge on any atom is -0.481 e. The van der Waals surface area contributed by atoms with Crippen LogP contribution in [0.2, 0.25) is 0 Å². The largest absolute Gasteiger partial charge is 0.481 e. The Kier molecular flexibility index (Phi) is 87.3. The monoisotopic (exact) mass is 1520 g/mol. The zero-order valence-corrected chi connectivity index (χ0v) is 64.6. The van der Waals surface area contributed by atoms with E-state index in [1.165, 1.54) is 32.1 Å². The average molecular weight is 1520 g/mol. The summed E-state index contributed by atoms with van der Waals surface area (Å²) in [6.07, 6.45) is 19.1. The van der Waals surface area contributed by atoms with Crippen LogP contribution >= 0.6 is 0 Å². The van der Waals surface area contributed by atoms with Crippen LogP contribution in [-0.4, -0.2) is 338 Å². The fourth-order valence-corrected chi connectivity index (χ4v) is 9.90. The van der Waals surface area contributed by atoms with Gasteiger partial charge in [0.2, 0.25) is 0 Å². The van der Waals surface area contributed by atoms with Gasteiger partial charge in [0, 0.05) is 30.9 Å². The highest BCUT2D eigenvalue weighted by atomic mass is 16.6. The van der Waals surface area contributed by atoms with Crippen molar-refractivity contribution in [2.75, 3.05) is 310 Å². The van der Waals surface area contributed by atoms with Gasteiger partial charge in [-0.15, -0.1) is 0 Å². The Morgan fingerprint density at radius 3 is 0.648 bits per heavy atom. The van der Waals surface area contributed by atoms with Crippen molar-refractivity contribution in [1.29, 1.82) is 0 Å². The number of aliphatic carboxylic acids is 2. The molecule has 0 aromatic carbocycles. The van der Waals surface area contributed by atoms with Crippen LogP contribution in [0, 0.1) is 5.41 Å². The number of Topliss-reactive ketones (excluding diaryl/α,β-unsaturated/α-hetero) is 1. The smallest absolute Gasteiger partial charge is 0.317 e. The third-order valence-electron chi connectivity index (χ3n) is 15.7. The number of azide groups is 1. The number of carbonyl (C=O) groups is 3. The number of carboxylic acid groups (broad SMARTS) is 2. The number of carboxylic acids is 2. The molecule has 0 heterocycles. The van der Waals surface area contributed by atoms with Gasteiger partial charge in [0.25, 0.3) is 0 Å². The molecular weight excluding hydrogens is 1380 g/mol. The summed E-state index contributed by atoms with van der Waals surface area (Å²) in [4.78, 5) is 39.9. The summed E-state index contributed by atoms with van der Waals surface area (Å²) in [5.41, 5.74) is 6.84. The first-order valence-corrected chi connectivity index (χ1v) is 39.2. The molecule has 31 heteroatoms. The molecular formula is C74H143N3O28. The van der Waals surface area contributed by atoms with Crippen LogP contribution in [0.15, 0.2) is 5.11 Å². The molecule has 0 saturated heterocycles. The molecule has 0 fully saturated rings. The van der Waals surface area contributed by atoms with Crippen LogP contribution in [0.1, 0.15) is 148 Å². The van der Waals surface area contributed by atoms with Crippen LogP contribution in [0.3, 0.4) is 0 Å². The third kappa shape index (κ3) is 81.8. The van der Waals surface area contributed by atoms with Gasteiger partial charge in [0.15, 0.2) is 0 Å². The molecule has 0 saturated carbocycles. The molecule has 0 bridgehead atoms. The van der Waals surface area contributed by atoms with Crippen molar-refractivity contribution in [1.82, 2.24) is 0 Å². The van der Waals surface area contributed by atoms with E-state index in [0.717, 1.165) is 64.2 Å². The second-order valence-corrected chi connectivity index (χ2v) is 24.3. The van der Waals surface area contributed by atoms with Crippen LogP contribution in [-0.2, 0) is 123 Å². The Bertz CT molecular complexity index is 1810. The normalized spacial score (nSPS) is 12.2. The number of nitrogens with zero attached hydrogens (tertiary/aromatic N) is 3. The van der Waals surface area contributed by atoms with Gasteiger partial charge < -0.3 is 119 Å². The lowest BCUT2D eigenvalue weighted by Crippen LogP contribution is -2.39. The highest BCUT2D eigenvalue weighted by molar-refractivity contribution is 6.03. The van der Waals surface area contributed by atoms with E-state index in [1.807, 2.05) is 0 Å². The van der Waals surface area contributed by atoms with Crippen molar-refractivity contribution < 1.29 is 134 Å². The van der Waals surface area contributed by atoms with Gasteiger partial charge in [-0.1, -0.05) is 115 Å². The van der Waals surface area contributed by atoms with Gasteiger partial charge >= 0.3 is 11.9 Å². The van der Waals surface area contributed by atoms with E-state index in [1.54, 1.807) is 0 Å². The van der Waals surface area contributed by atoms with Crippen molar-refractivity contribution in [2.45, 2.75) is 148 Å². The lowest BCUT2D eigenvalue weighted by Gasteiger charge is -2.28. The molecule has 31 nitrogen and oxygen atoms in total. The van der Waals surface area contributed by atoms with E-state index in [4.69, 9.17) is 120 Å². The Hall–Kier alpha value is -3.00. The number of ketones is 1. The molecule has 105 heavy (non-hydrogen) atoms. The van der Waals surface area contributed by atoms with E-state index >= 15 is 0 Å². The van der Waals surface area contributed by atoms with Crippen LogP contribution in [0.5, 0.6) is 0 Å². The topological polar surface area (TPSA) is 353 Å². The van der Waals surface area contributed by atoms with Crippen LogP contribution < -0.4 is 0 Å². The lowest BCUT2D eigenvalue weighted by molar-refractivity contribution is -0.156. The van der Waals surface area contributed by atoms with Crippen molar-refractivity contribution in [3.8, 4) is 0 Å². The molecule has 1 unspecified atom stereocenters. The zero-order valence-electron chi connectivity index (χ0n) is 64.6. The molecule has 0 aromatic rings. The summed E-state index contributed by atoms with van der Waals surface area (Å²) in [6, 6.07) is 0. The maximum Gasteiger partial charge on any atom is 0.317 e. The zero-order chi connectivity index (χ0) is 75.7. The van der Waals surface area contributed by atoms with E-state index in [9.17, 15) is 19.5 Å². The van der Waals surface area contributed by atoms with Gasteiger partial charge in [0.1, 0.15) is 11.2 Å². The van der Waals surface area contributed by atoms with Gasteiger partial charge in [0.05, 0.1) is 297 Å². The lowest BCUT2D eigenvalue weighted by atomic mass is 9.73. The van der Waals surface area contributed by atoms with E-state index < -0.39 is 17.4 Å². The first-order chi connectivity index (χ1) is 51.9. The molecule has 0 aliphatic rings. The summed E-state index contributed by atoms with van der Waals surface area (Å²) in [5.74, 6) is -1.92. The van der Waals surface area contributed by atoms with E-state index in [2.05, 4.69) is 16.9 Å². The molecule has 622 valence electrons. The molecule has 0 aliphatic heterocycles. The Morgan fingerprint density at radius 1 is 0.257 bits per heavy atom. The minimum absolute atomic E-state index is 0.181. The fourth-order valence-electron chi connectivity index (χ4n) is 9.90. The van der Waals surface area contributed by atoms with Crippen molar-refractivity contribution in [3.05, 3.63) is 10.4 Å². The number of hydrogen-bond donors (Lipinski definition) is 2. The maximum atomic E-state index is 13.7. The van der Waals surface area contributed by atoms with Gasteiger partial charge in [-0.05, 0) is 31.2 Å². The molecule has 0 radical (unpaired) electrons. The Morgan fingerprint density at radius 2 is 0.448 bits per heavy atom. The first kappa shape index (κ1) is 102. The number of rotatable bonds is 96. The SMILES string of the molecule is CCCCCCCCCCCC(CCCCCCCCCCC(=O)O)(C(=O)O)C(=O)CCCOCCOCCOCCOCCOCCOCCOCCOCCOCCOCCOCCOCCOCCOCCOCCOCCOCCOCCOCCOCCOCCOCCOCCN=[N+]=[N-].